The molecular formula is C14H21FO2. The molecule has 0 saturated heterocycles. The van der Waals surface area contributed by atoms with Gasteiger partial charge in [0.1, 0.15) is 11.6 Å². The molecule has 2 saturated carbocycles. The maximum Gasteiger partial charge on any atom is 0.150 e. The van der Waals surface area contributed by atoms with Gasteiger partial charge in [0.05, 0.1) is 12.1 Å². The number of hydrogen-bond acceptors (Lipinski definition) is 2. The highest BCUT2D eigenvalue weighted by Gasteiger charge is 2.53. The second kappa shape index (κ2) is 4.51. The summed E-state index contributed by atoms with van der Waals surface area (Å²) < 4.78 is 13.0. The molecule has 3 heteroatoms. The highest BCUT2D eigenvalue weighted by Crippen LogP contribution is 2.49. The van der Waals surface area contributed by atoms with Crippen LogP contribution in [0.3, 0.4) is 0 Å². The zero-order valence-corrected chi connectivity index (χ0v) is 10.7. The van der Waals surface area contributed by atoms with E-state index in [1.807, 2.05) is 0 Å². The lowest BCUT2D eigenvalue weighted by atomic mass is 9.68. The van der Waals surface area contributed by atoms with E-state index in [1.165, 1.54) is 6.92 Å². The minimum absolute atomic E-state index is 0.0194. The van der Waals surface area contributed by atoms with Crippen molar-refractivity contribution < 1.29 is 14.0 Å². The number of alkyl halides is 1. The summed E-state index contributed by atoms with van der Waals surface area (Å²) in [5, 5.41) is 0. The van der Waals surface area contributed by atoms with Gasteiger partial charge in [-0.1, -0.05) is 6.92 Å². The maximum atomic E-state index is 13.0. The van der Waals surface area contributed by atoms with Crippen LogP contribution in [0.1, 0.15) is 52.4 Å². The normalized spacial score (nSPS) is 39.9. The minimum Gasteiger partial charge on any atom is -0.299 e. The SMILES string of the molecule is CC(F)CC1C(=O)CC2(CCC(C)CC2)C1=O. The van der Waals surface area contributed by atoms with E-state index in [9.17, 15) is 14.0 Å². The van der Waals surface area contributed by atoms with Crippen molar-refractivity contribution in [2.75, 3.05) is 0 Å². The van der Waals surface area contributed by atoms with Crippen LogP contribution < -0.4 is 0 Å². The third kappa shape index (κ3) is 2.29. The highest BCUT2D eigenvalue weighted by molar-refractivity contribution is 6.12. The van der Waals surface area contributed by atoms with Crippen LogP contribution in [0, 0.1) is 17.3 Å². The number of Topliss-reactive ketones (excluding diaryl/α,β-unsaturated/α-hetero) is 2. The van der Waals surface area contributed by atoms with Gasteiger partial charge in [-0.2, -0.15) is 0 Å². The number of carbonyl (C=O) groups is 2. The molecule has 0 aromatic carbocycles. The first-order valence-electron chi connectivity index (χ1n) is 6.66. The summed E-state index contributed by atoms with van der Waals surface area (Å²) in [6.07, 6.45) is 3.11. The number of carbonyl (C=O) groups excluding carboxylic acids is 2. The quantitative estimate of drug-likeness (QED) is 0.695. The Morgan fingerprint density at radius 1 is 1.35 bits per heavy atom. The molecule has 0 aromatic rings. The van der Waals surface area contributed by atoms with Gasteiger partial charge in [-0.05, 0) is 44.9 Å². The van der Waals surface area contributed by atoms with Crippen molar-refractivity contribution in [2.45, 2.75) is 58.5 Å². The van der Waals surface area contributed by atoms with Gasteiger partial charge in [-0.15, -0.1) is 0 Å². The monoisotopic (exact) mass is 240 g/mol. The van der Waals surface area contributed by atoms with Crippen LogP contribution in [-0.2, 0) is 9.59 Å². The summed E-state index contributed by atoms with van der Waals surface area (Å²) in [5.74, 6) is 0.0269. The van der Waals surface area contributed by atoms with Crippen molar-refractivity contribution in [1.29, 1.82) is 0 Å². The van der Waals surface area contributed by atoms with Crippen LogP contribution in [0.5, 0.6) is 0 Å². The maximum absolute atomic E-state index is 13.0. The van der Waals surface area contributed by atoms with Gasteiger partial charge in [0, 0.05) is 11.8 Å². The third-order valence-electron chi connectivity index (χ3n) is 4.53. The van der Waals surface area contributed by atoms with Crippen molar-refractivity contribution >= 4 is 11.6 Å². The average molecular weight is 240 g/mol. The Labute approximate surface area is 102 Å². The summed E-state index contributed by atoms with van der Waals surface area (Å²) in [6, 6.07) is 0. The van der Waals surface area contributed by atoms with Crippen LogP contribution in [0.2, 0.25) is 0 Å². The lowest BCUT2D eigenvalue weighted by molar-refractivity contribution is -0.132. The van der Waals surface area contributed by atoms with Gasteiger partial charge in [0.25, 0.3) is 0 Å². The van der Waals surface area contributed by atoms with Gasteiger partial charge in [0.2, 0.25) is 0 Å². The Morgan fingerprint density at radius 2 is 1.94 bits per heavy atom. The van der Waals surface area contributed by atoms with E-state index in [4.69, 9.17) is 0 Å². The number of rotatable bonds is 2. The molecule has 2 nitrogen and oxygen atoms in total. The van der Waals surface area contributed by atoms with Gasteiger partial charge < -0.3 is 0 Å². The molecule has 2 atom stereocenters. The number of halogens is 1. The molecule has 0 aromatic heterocycles. The van der Waals surface area contributed by atoms with E-state index in [1.54, 1.807) is 0 Å². The predicted octanol–water partition coefficient (Wildman–Crippen LogP) is 3.09. The largest absolute Gasteiger partial charge is 0.299 e. The van der Waals surface area contributed by atoms with Crippen molar-refractivity contribution in [3.8, 4) is 0 Å². The molecule has 2 aliphatic rings. The summed E-state index contributed by atoms with van der Waals surface area (Å²) in [5.41, 5.74) is -0.414. The van der Waals surface area contributed by atoms with Gasteiger partial charge in [-0.3, -0.25) is 9.59 Å². The Kier molecular flexibility index (Phi) is 3.37. The average Bonchev–Trinajstić information content (AvgIpc) is 2.48. The van der Waals surface area contributed by atoms with Crippen LogP contribution in [0.4, 0.5) is 4.39 Å². The molecule has 96 valence electrons. The zero-order chi connectivity index (χ0) is 12.6. The topological polar surface area (TPSA) is 34.1 Å². The Bertz CT molecular complexity index is 327. The molecule has 0 heterocycles. The van der Waals surface area contributed by atoms with Gasteiger partial charge in [0.15, 0.2) is 0 Å². The lowest BCUT2D eigenvalue weighted by Gasteiger charge is -2.34. The smallest absolute Gasteiger partial charge is 0.150 e. The predicted molar refractivity (Wildman–Crippen MR) is 63.4 cm³/mol. The molecule has 0 amide bonds. The van der Waals surface area contributed by atoms with Crippen molar-refractivity contribution in [3.05, 3.63) is 0 Å². The molecule has 2 aliphatic carbocycles. The molecule has 17 heavy (non-hydrogen) atoms. The Hall–Kier alpha value is -0.730. The van der Waals surface area contributed by atoms with Gasteiger partial charge in [-0.25, -0.2) is 4.39 Å². The second-order valence-electron chi connectivity index (χ2n) is 6.04. The molecule has 2 rings (SSSR count). The standard InChI is InChI=1S/C14H21FO2/c1-9-3-5-14(6-4-9)8-12(16)11(13(14)17)7-10(2)15/h9-11H,3-8H2,1-2H3. The van der Waals surface area contributed by atoms with E-state index in [0.717, 1.165) is 25.7 Å². The minimum atomic E-state index is -1.06. The first kappa shape index (κ1) is 12.7. The lowest BCUT2D eigenvalue weighted by Crippen LogP contribution is -2.33. The van der Waals surface area contributed by atoms with Crippen LogP contribution >= 0.6 is 0 Å². The fraction of sp³-hybridized carbons (Fsp3) is 0.857. The van der Waals surface area contributed by atoms with Gasteiger partial charge >= 0.3 is 0 Å². The summed E-state index contributed by atoms with van der Waals surface area (Å²) in [7, 11) is 0. The van der Waals surface area contributed by atoms with Crippen LogP contribution in [-0.4, -0.2) is 17.7 Å². The first-order valence-corrected chi connectivity index (χ1v) is 6.66. The van der Waals surface area contributed by atoms with E-state index in [2.05, 4.69) is 6.92 Å². The van der Waals surface area contributed by atoms with Crippen LogP contribution in [0.15, 0.2) is 0 Å². The Balaban J connectivity index is 2.12. The summed E-state index contributed by atoms with van der Waals surface area (Å²) in [4.78, 5) is 24.2. The van der Waals surface area contributed by atoms with E-state index in [-0.39, 0.29) is 18.0 Å². The molecule has 0 N–H and O–H groups in total. The molecule has 1 spiro atoms. The highest BCUT2D eigenvalue weighted by atomic mass is 19.1. The fourth-order valence-corrected chi connectivity index (χ4v) is 3.36. The molecule has 0 bridgehead atoms. The second-order valence-corrected chi connectivity index (χ2v) is 6.04. The van der Waals surface area contributed by atoms with E-state index in [0.29, 0.717) is 12.3 Å². The van der Waals surface area contributed by atoms with E-state index < -0.39 is 17.5 Å². The number of hydrogen-bond donors (Lipinski definition) is 0. The zero-order valence-electron chi connectivity index (χ0n) is 10.7. The third-order valence-corrected chi connectivity index (χ3v) is 4.53. The number of ketones is 2. The molecular weight excluding hydrogens is 219 g/mol. The molecule has 0 aliphatic heterocycles. The summed E-state index contributed by atoms with van der Waals surface area (Å²) >= 11 is 0. The molecule has 2 unspecified atom stereocenters. The molecule has 0 radical (unpaired) electrons. The molecule has 2 fully saturated rings. The fourth-order valence-electron chi connectivity index (χ4n) is 3.36. The van der Waals surface area contributed by atoms with Crippen molar-refractivity contribution in [3.63, 3.8) is 0 Å². The van der Waals surface area contributed by atoms with Crippen molar-refractivity contribution in [2.24, 2.45) is 17.3 Å². The van der Waals surface area contributed by atoms with E-state index >= 15 is 0 Å². The first-order chi connectivity index (χ1) is 7.94. The van der Waals surface area contributed by atoms with Crippen molar-refractivity contribution in [1.82, 2.24) is 0 Å². The Morgan fingerprint density at radius 3 is 2.47 bits per heavy atom. The van der Waals surface area contributed by atoms with Crippen LogP contribution in [0.25, 0.3) is 0 Å². The summed E-state index contributed by atoms with van der Waals surface area (Å²) in [6.45, 7) is 3.61.